The number of aliphatic hydroxyl groups is 1. The van der Waals surface area contributed by atoms with Gasteiger partial charge >= 0.3 is 6.36 Å². The van der Waals surface area contributed by atoms with Gasteiger partial charge < -0.3 is 29.1 Å². The van der Waals surface area contributed by atoms with Crippen molar-refractivity contribution < 1.29 is 41.8 Å². The van der Waals surface area contributed by atoms with Crippen LogP contribution in [0.15, 0.2) is 71.7 Å². The summed E-state index contributed by atoms with van der Waals surface area (Å²) < 4.78 is 58.3. The van der Waals surface area contributed by atoms with Crippen LogP contribution in [0.3, 0.4) is 0 Å². The van der Waals surface area contributed by atoms with Crippen molar-refractivity contribution in [2.24, 2.45) is 17.3 Å². The summed E-state index contributed by atoms with van der Waals surface area (Å²) in [5.41, 5.74) is 0.0361. The monoisotopic (exact) mass is 615 g/mol. The molecule has 3 fully saturated rings. The molecule has 2 saturated heterocycles. The second-order valence-corrected chi connectivity index (χ2v) is 13.4. The zero-order valence-electron chi connectivity index (χ0n) is 25.5. The minimum absolute atomic E-state index is 0.0236. The number of piperidine rings is 1. The Morgan fingerprint density at radius 3 is 2.68 bits per heavy atom. The van der Waals surface area contributed by atoms with Crippen molar-refractivity contribution in [2.45, 2.75) is 76.3 Å². The molecule has 238 valence electrons. The Labute approximate surface area is 256 Å². The van der Waals surface area contributed by atoms with Crippen LogP contribution in [0.1, 0.15) is 51.5 Å². The van der Waals surface area contributed by atoms with E-state index < -0.39 is 29.9 Å². The smallest absolute Gasteiger partial charge is 0.508 e. The first-order chi connectivity index (χ1) is 20.9. The van der Waals surface area contributed by atoms with E-state index in [1.807, 2.05) is 6.08 Å². The van der Waals surface area contributed by atoms with E-state index in [1.165, 1.54) is 13.2 Å². The Balaban J connectivity index is 1.41. The van der Waals surface area contributed by atoms with Crippen molar-refractivity contribution in [1.82, 2.24) is 5.32 Å². The summed E-state index contributed by atoms with van der Waals surface area (Å²) >= 11 is 0. The lowest BCUT2D eigenvalue weighted by molar-refractivity contribution is -0.960. The maximum atomic E-state index is 13.6. The summed E-state index contributed by atoms with van der Waals surface area (Å²) in [4.78, 5) is 13.6. The molecule has 1 amide bonds. The number of halogens is 3. The number of ether oxygens (including phenoxy) is 3. The van der Waals surface area contributed by atoms with Crippen molar-refractivity contribution >= 4 is 12.0 Å². The largest absolute Gasteiger partial charge is 0.573 e. The molecule has 3 aliphatic carbocycles. The number of quaternary nitrogens is 1. The van der Waals surface area contributed by atoms with Gasteiger partial charge in [-0.1, -0.05) is 57.2 Å². The molecule has 2 N–H and O–H groups in total. The molecular weight excluding hydrogens is 573 g/mol. The van der Waals surface area contributed by atoms with Crippen molar-refractivity contribution in [1.29, 1.82) is 0 Å². The van der Waals surface area contributed by atoms with E-state index in [0.717, 1.165) is 67.0 Å². The molecule has 10 heteroatoms. The number of methoxy groups -OCH3 is 1. The third-order valence-electron chi connectivity index (χ3n) is 10.6. The minimum atomic E-state index is -5.10. The fourth-order valence-corrected chi connectivity index (χ4v) is 9.34. The van der Waals surface area contributed by atoms with Gasteiger partial charge in [0.25, 0.3) is 5.91 Å². The Bertz CT molecular complexity index is 1400. The highest BCUT2D eigenvalue weighted by atomic mass is 19.4. The average Bonchev–Trinajstić information content (AvgIpc) is 3.30. The van der Waals surface area contributed by atoms with Crippen LogP contribution in [0.5, 0.6) is 0 Å². The predicted molar refractivity (Wildman–Crippen MR) is 159 cm³/mol. The molecule has 3 unspecified atom stereocenters. The number of aliphatic hydroxyl groups excluding tert-OH is 1. The number of carbonyl (C=O) groups is 1. The topological polar surface area (TPSA) is 77.0 Å². The van der Waals surface area contributed by atoms with Crippen LogP contribution in [0.25, 0.3) is 6.08 Å². The van der Waals surface area contributed by atoms with E-state index in [0.29, 0.717) is 23.8 Å². The van der Waals surface area contributed by atoms with Crippen LogP contribution in [0.2, 0.25) is 0 Å². The fraction of sp³-hybridized carbons (Fsp3) is 0.559. The molecule has 1 aromatic rings. The average molecular weight is 616 g/mol. The minimum Gasteiger partial charge on any atom is -0.508 e. The maximum Gasteiger partial charge on any atom is 0.573 e. The molecule has 1 saturated carbocycles. The molecule has 7 atom stereocenters. The molecule has 7 nitrogen and oxygen atoms in total. The standard InChI is InChI=1S/C34H41F3N2O5/c1-5-15-39(20-21(2)3)16-14-32-24-12-9-13-28(32)43-30-29(32)23(18-25(24)39)26(40)19-33(30,42-4)38-31(41)27(44-34(35,36)37)17-22-10-7-6-8-11-22/h5-8,10-11,17,19,21,24-25,28,30H,1,9,12-16,18,20H2,2-4H3,(H-,38,40,41)/p+1/t24-,25+,28-,30?,32+,33?,39?/m0/s1. The highest BCUT2D eigenvalue weighted by Crippen LogP contribution is 2.68. The number of rotatable bonds is 9. The first-order valence-corrected chi connectivity index (χ1v) is 15.6. The van der Waals surface area contributed by atoms with E-state index in [9.17, 15) is 23.1 Å². The van der Waals surface area contributed by atoms with Crippen molar-refractivity contribution in [3.63, 3.8) is 0 Å². The molecule has 2 aliphatic heterocycles. The van der Waals surface area contributed by atoms with E-state index in [-0.39, 0.29) is 23.3 Å². The van der Waals surface area contributed by atoms with Gasteiger partial charge in [0.1, 0.15) is 11.9 Å². The van der Waals surface area contributed by atoms with E-state index in [1.54, 1.807) is 30.3 Å². The Kier molecular flexibility index (Phi) is 7.78. The highest BCUT2D eigenvalue weighted by Gasteiger charge is 2.72. The molecule has 5 aliphatic rings. The third-order valence-corrected chi connectivity index (χ3v) is 10.6. The Morgan fingerprint density at radius 2 is 2.02 bits per heavy atom. The van der Waals surface area contributed by atoms with Gasteiger partial charge in [-0.2, -0.15) is 0 Å². The fourth-order valence-electron chi connectivity index (χ4n) is 9.34. The number of nitrogens with one attached hydrogen (secondary N) is 1. The third kappa shape index (κ3) is 4.90. The molecule has 1 aromatic carbocycles. The van der Waals surface area contributed by atoms with Gasteiger partial charge in [-0.3, -0.25) is 4.79 Å². The molecular formula is C34H42F3N2O5+. The van der Waals surface area contributed by atoms with Gasteiger partial charge in [0, 0.05) is 48.9 Å². The molecule has 1 spiro atoms. The van der Waals surface area contributed by atoms with E-state index in [2.05, 4.69) is 30.5 Å². The number of alkyl halides is 3. The lowest BCUT2D eigenvalue weighted by Gasteiger charge is -2.63. The molecule has 6 rings (SSSR count). The summed E-state index contributed by atoms with van der Waals surface area (Å²) in [6.07, 6.45) is 2.75. The first kappa shape index (κ1) is 30.9. The lowest BCUT2D eigenvalue weighted by atomic mass is 9.49. The number of nitrogens with zero attached hydrogens (tertiary/aromatic N) is 1. The Morgan fingerprint density at radius 1 is 1.27 bits per heavy atom. The van der Waals surface area contributed by atoms with Crippen LogP contribution in [-0.4, -0.2) is 72.6 Å². The predicted octanol–water partition coefficient (Wildman–Crippen LogP) is 6.16. The van der Waals surface area contributed by atoms with Crippen molar-refractivity contribution in [2.75, 3.05) is 26.7 Å². The lowest BCUT2D eigenvalue weighted by Crippen LogP contribution is -2.71. The summed E-state index contributed by atoms with van der Waals surface area (Å²) in [5.74, 6) is -1.32. The van der Waals surface area contributed by atoms with Gasteiger partial charge in [-0.15, -0.1) is 13.2 Å². The van der Waals surface area contributed by atoms with Crippen molar-refractivity contribution in [3.8, 4) is 0 Å². The number of hydrogen-bond acceptors (Lipinski definition) is 5. The summed E-state index contributed by atoms with van der Waals surface area (Å²) in [5, 5.41) is 14.3. The summed E-state index contributed by atoms with van der Waals surface area (Å²) in [6, 6.07) is 8.42. The quantitative estimate of drug-likeness (QED) is 0.114. The number of likely N-dealkylation sites (tertiary alicyclic amines) is 1. The SMILES string of the molecule is C=CC[N+]1(CC(C)C)CC[C@@]23C4=C5C[C@@H]1[C@@H]2CCC[C@@H]3OC4C(NC(=O)C(=Cc1ccccc1)OC(F)(F)F)(OC)C=C5O. The highest BCUT2D eigenvalue weighted by molar-refractivity contribution is 5.96. The van der Waals surface area contributed by atoms with Gasteiger partial charge in [0.05, 0.1) is 31.8 Å². The maximum absolute atomic E-state index is 13.6. The second-order valence-electron chi connectivity index (χ2n) is 13.4. The summed E-state index contributed by atoms with van der Waals surface area (Å²) in [6.45, 7) is 11.4. The van der Waals surface area contributed by atoms with E-state index in [4.69, 9.17) is 9.47 Å². The molecule has 2 bridgehead atoms. The van der Waals surface area contributed by atoms with Crippen LogP contribution in [0, 0.1) is 17.3 Å². The first-order valence-electron chi connectivity index (χ1n) is 15.6. The normalized spacial score (nSPS) is 36.1. The van der Waals surface area contributed by atoms with Gasteiger partial charge in [0.2, 0.25) is 0 Å². The van der Waals surface area contributed by atoms with Crippen LogP contribution in [-0.2, 0) is 19.0 Å². The number of hydrogen-bond donors (Lipinski definition) is 2. The number of benzene rings is 1. The van der Waals surface area contributed by atoms with Crippen molar-refractivity contribution in [3.05, 3.63) is 77.3 Å². The number of carbonyl (C=O) groups excluding carboxylic acids is 1. The summed E-state index contributed by atoms with van der Waals surface area (Å²) in [7, 11) is 1.36. The number of allylic oxidation sites excluding steroid dienone is 1. The number of amides is 1. The Hall–Kier alpha value is -3.08. The molecule has 0 aromatic heterocycles. The molecule has 44 heavy (non-hydrogen) atoms. The van der Waals surface area contributed by atoms with Crippen LogP contribution in [0.4, 0.5) is 13.2 Å². The van der Waals surface area contributed by atoms with Gasteiger partial charge in [0.15, 0.2) is 11.5 Å². The van der Waals surface area contributed by atoms with Gasteiger partial charge in [-0.25, -0.2) is 0 Å². The molecule has 0 radical (unpaired) electrons. The van der Waals surface area contributed by atoms with E-state index >= 15 is 0 Å². The zero-order chi connectivity index (χ0) is 31.5. The van der Waals surface area contributed by atoms with Crippen LogP contribution < -0.4 is 5.32 Å². The second kappa shape index (κ2) is 11.1. The zero-order valence-corrected chi connectivity index (χ0v) is 25.5. The van der Waals surface area contributed by atoms with Crippen LogP contribution >= 0.6 is 0 Å². The van der Waals surface area contributed by atoms with Gasteiger partial charge in [-0.05, 0) is 36.1 Å². The molecule has 2 heterocycles.